The molecule has 2 atom stereocenters. The average Bonchev–Trinajstić information content (AvgIpc) is 2.94. The van der Waals surface area contributed by atoms with Crippen LogP contribution in [0.3, 0.4) is 0 Å². The van der Waals surface area contributed by atoms with Crippen molar-refractivity contribution in [2.75, 3.05) is 31.1 Å². The van der Waals surface area contributed by atoms with E-state index in [0.717, 1.165) is 77.1 Å². The number of hydrogen-bond donors (Lipinski definition) is 4. The number of nitrogens with two attached hydrogens (primary N) is 4. The van der Waals surface area contributed by atoms with Crippen molar-refractivity contribution in [1.82, 2.24) is 19.9 Å². The van der Waals surface area contributed by atoms with Crippen molar-refractivity contribution in [3.8, 4) is 0 Å². The summed E-state index contributed by atoms with van der Waals surface area (Å²) in [5.41, 5.74) is 26.2. The van der Waals surface area contributed by atoms with Crippen LogP contribution in [-0.2, 0) is 5.79 Å². The van der Waals surface area contributed by atoms with Crippen LogP contribution in [0.1, 0.15) is 35.4 Å². The minimum Gasteiger partial charge on any atom is -0.398 e. The van der Waals surface area contributed by atoms with Crippen LogP contribution >= 0.6 is 0 Å². The highest BCUT2D eigenvalue weighted by molar-refractivity contribution is 6.11. The number of fused-ring (bicyclic) bond motifs is 5. The average molecular weight is 535 g/mol. The molecule has 4 aromatic rings. The molecule has 2 aromatic carbocycles. The van der Waals surface area contributed by atoms with E-state index < -0.39 is 5.79 Å². The number of piperidine rings is 3. The molecule has 2 unspecified atom stereocenters. The zero-order valence-corrected chi connectivity index (χ0v) is 22.8. The molecule has 10 heteroatoms. The number of aryl methyl sites for hydroxylation is 2. The van der Waals surface area contributed by atoms with Gasteiger partial charge in [-0.1, -0.05) is 6.07 Å². The molecule has 204 valence electrons. The van der Waals surface area contributed by atoms with Crippen molar-refractivity contribution < 1.29 is 0 Å². The third-order valence-corrected chi connectivity index (χ3v) is 8.72. The van der Waals surface area contributed by atoms with Gasteiger partial charge in [0.05, 0.1) is 11.0 Å². The van der Waals surface area contributed by atoms with E-state index in [1.54, 1.807) is 5.01 Å². The normalized spacial score (nSPS) is 26.3. The lowest BCUT2D eigenvalue weighted by Crippen LogP contribution is -2.64. The molecule has 0 spiro atoms. The third-order valence-electron chi connectivity index (χ3n) is 8.72. The molecular weight excluding hydrogens is 500 g/mol. The largest absolute Gasteiger partial charge is 0.398 e. The van der Waals surface area contributed by atoms with Crippen LogP contribution in [0.5, 0.6) is 0 Å². The highest BCUT2D eigenvalue weighted by Gasteiger charge is 2.46. The molecule has 3 fully saturated rings. The van der Waals surface area contributed by atoms with Crippen molar-refractivity contribution >= 4 is 44.9 Å². The molecule has 8 rings (SSSR count). The van der Waals surface area contributed by atoms with Gasteiger partial charge in [0.15, 0.2) is 5.84 Å². The summed E-state index contributed by atoms with van der Waals surface area (Å²) in [6, 6.07) is 15.5. The lowest BCUT2D eigenvalue weighted by atomic mass is 9.78. The Morgan fingerprint density at radius 3 is 2.10 bits per heavy atom. The van der Waals surface area contributed by atoms with Crippen LogP contribution in [0.4, 0.5) is 11.4 Å². The van der Waals surface area contributed by atoms with Crippen molar-refractivity contribution in [3.05, 3.63) is 71.0 Å². The monoisotopic (exact) mass is 534 g/mol. The first-order valence-corrected chi connectivity index (χ1v) is 13.8. The molecule has 0 aliphatic carbocycles. The lowest BCUT2D eigenvalue weighted by Gasteiger charge is -2.49. The van der Waals surface area contributed by atoms with E-state index in [1.165, 1.54) is 0 Å². The van der Waals surface area contributed by atoms with Gasteiger partial charge < -0.3 is 16.4 Å². The van der Waals surface area contributed by atoms with E-state index in [2.05, 4.69) is 14.9 Å². The molecule has 4 aliphatic heterocycles. The Balaban J connectivity index is 1.41. The van der Waals surface area contributed by atoms with E-state index in [1.807, 2.05) is 62.4 Å². The Hall–Kier alpha value is -4.12. The molecule has 8 N–H and O–H groups in total. The Kier molecular flexibility index (Phi) is 5.57. The minimum absolute atomic E-state index is 0.158. The summed E-state index contributed by atoms with van der Waals surface area (Å²) in [5, 5.41) is 3.23. The predicted molar refractivity (Wildman–Crippen MR) is 160 cm³/mol. The topological polar surface area (TPSA) is 161 Å². The molecule has 2 bridgehead atoms. The number of aliphatic imine (C=N–C) groups is 2. The SMILES string of the molecule is Cc1cc(N)c2cc(C3=NC(N)(c4ccc5nc(C)cc(N)c5c4)N(N)C(C4CN5CCC4CC5)=N3)ccc2n1. The summed E-state index contributed by atoms with van der Waals surface area (Å²) < 4.78 is 0. The summed E-state index contributed by atoms with van der Waals surface area (Å²) in [6.07, 6.45) is 2.24. The molecular formula is C30H34N10. The van der Waals surface area contributed by atoms with E-state index in [-0.39, 0.29) is 5.92 Å². The van der Waals surface area contributed by atoms with Gasteiger partial charge in [0.1, 0.15) is 5.84 Å². The van der Waals surface area contributed by atoms with E-state index >= 15 is 0 Å². The maximum Gasteiger partial charge on any atom is 0.228 e. The van der Waals surface area contributed by atoms with Crippen molar-refractivity contribution in [2.24, 2.45) is 33.4 Å². The highest BCUT2D eigenvalue weighted by atomic mass is 15.6. The van der Waals surface area contributed by atoms with Gasteiger partial charge in [-0.25, -0.2) is 15.8 Å². The highest BCUT2D eigenvalue weighted by Crippen LogP contribution is 2.38. The maximum absolute atomic E-state index is 7.20. The van der Waals surface area contributed by atoms with Gasteiger partial charge in [-0.15, -0.1) is 0 Å². The Morgan fingerprint density at radius 1 is 0.850 bits per heavy atom. The van der Waals surface area contributed by atoms with Gasteiger partial charge in [-0.05, 0) is 88.2 Å². The van der Waals surface area contributed by atoms with Gasteiger partial charge in [0, 0.05) is 57.1 Å². The predicted octanol–water partition coefficient (Wildman–Crippen LogP) is 3.01. The number of hydrogen-bond acceptors (Lipinski definition) is 10. The Bertz CT molecular complexity index is 1740. The van der Waals surface area contributed by atoms with Gasteiger partial charge in [-0.2, -0.15) is 0 Å². The van der Waals surface area contributed by atoms with Gasteiger partial charge >= 0.3 is 0 Å². The van der Waals surface area contributed by atoms with Crippen LogP contribution in [0.2, 0.25) is 0 Å². The molecule has 0 saturated carbocycles. The maximum atomic E-state index is 7.20. The van der Waals surface area contributed by atoms with Crippen LogP contribution in [0.15, 0.2) is 58.5 Å². The smallest absolute Gasteiger partial charge is 0.228 e. The first-order valence-electron chi connectivity index (χ1n) is 13.8. The standard InChI is InChI=1S/C30H34N10/c1-16-11-24(31)21-13-19(3-5-26(21)35-16)28-37-29(23-15-39-9-7-18(23)8-10-39)40(34)30(33,38-28)20-4-6-27-22(14-20)25(32)12-17(2)36-27/h3-6,11-14,18,23H,7-10,15,33-34H2,1-2H3,(H2,31,35)(H2,32,36). The molecule has 4 aliphatic rings. The second-order valence-electron chi connectivity index (χ2n) is 11.4. The number of hydrazine groups is 1. The van der Waals surface area contributed by atoms with Crippen molar-refractivity contribution in [2.45, 2.75) is 32.5 Å². The first-order chi connectivity index (χ1) is 19.2. The number of nitrogens with zero attached hydrogens (tertiary/aromatic N) is 6. The molecule has 6 heterocycles. The van der Waals surface area contributed by atoms with Gasteiger partial charge in [0.2, 0.25) is 5.79 Å². The summed E-state index contributed by atoms with van der Waals surface area (Å²) in [7, 11) is 0. The summed E-state index contributed by atoms with van der Waals surface area (Å²) in [5.74, 6) is 7.43. The molecule has 2 aromatic heterocycles. The summed E-state index contributed by atoms with van der Waals surface area (Å²) >= 11 is 0. The zero-order valence-electron chi connectivity index (χ0n) is 22.8. The number of anilines is 2. The number of aromatic nitrogens is 2. The molecule has 10 nitrogen and oxygen atoms in total. The van der Waals surface area contributed by atoms with Gasteiger partial charge in [0.25, 0.3) is 0 Å². The van der Waals surface area contributed by atoms with Crippen molar-refractivity contribution in [1.29, 1.82) is 0 Å². The lowest BCUT2D eigenvalue weighted by molar-refractivity contribution is 0.0667. The molecule has 40 heavy (non-hydrogen) atoms. The van der Waals surface area contributed by atoms with E-state index in [0.29, 0.717) is 28.7 Å². The van der Waals surface area contributed by atoms with Crippen LogP contribution in [0, 0.1) is 25.7 Å². The summed E-state index contributed by atoms with van der Waals surface area (Å²) in [6.45, 7) is 6.99. The fourth-order valence-corrected chi connectivity index (χ4v) is 6.58. The van der Waals surface area contributed by atoms with Crippen LogP contribution in [-0.4, -0.2) is 51.2 Å². The minimum atomic E-state index is -1.41. The summed E-state index contributed by atoms with van der Waals surface area (Å²) in [4.78, 5) is 21.9. The Morgan fingerprint density at radius 2 is 1.48 bits per heavy atom. The second kappa shape index (κ2) is 8.95. The fourth-order valence-electron chi connectivity index (χ4n) is 6.58. The zero-order chi connectivity index (χ0) is 27.8. The molecule has 0 amide bonds. The van der Waals surface area contributed by atoms with Crippen molar-refractivity contribution in [3.63, 3.8) is 0 Å². The third kappa shape index (κ3) is 3.90. The number of rotatable bonds is 3. The van der Waals surface area contributed by atoms with Crippen LogP contribution < -0.4 is 23.0 Å². The molecule has 0 radical (unpaired) electrons. The second-order valence-corrected chi connectivity index (χ2v) is 11.4. The first kappa shape index (κ1) is 24.9. The number of pyridine rings is 2. The number of nitrogen functional groups attached to an aromatic ring is 2. The molecule has 3 saturated heterocycles. The number of benzene rings is 2. The fraction of sp³-hybridized carbons (Fsp3) is 0.333. The van der Waals surface area contributed by atoms with E-state index in [4.69, 9.17) is 33.0 Å². The quantitative estimate of drug-likeness (QED) is 0.292. The van der Waals surface area contributed by atoms with Crippen LogP contribution in [0.25, 0.3) is 21.8 Å². The Labute approximate surface area is 232 Å². The number of amidine groups is 2. The van der Waals surface area contributed by atoms with Gasteiger partial charge in [-0.3, -0.25) is 20.7 Å². The van der Waals surface area contributed by atoms with E-state index in [9.17, 15) is 0 Å².